The Hall–Kier alpha value is -3.44. The van der Waals surface area contributed by atoms with Crippen LogP contribution in [0.4, 0.5) is 20.2 Å². The van der Waals surface area contributed by atoms with Crippen LogP contribution in [0.1, 0.15) is 22.8 Å². The highest BCUT2D eigenvalue weighted by atomic mass is 19.1. The summed E-state index contributed by atoms with van der Waals surface area (Å²) in [6.07, 6.45) is 1.08. The molecule has 3 aromatic rings. The smallest absolute Gasteiger partial charge is 0.341 e. The number of aromatic carboxylic acids is 1. The summed E-state index contributed by atoms with van der Waals surface area (Å²) in [5, 5.41) is 19.2. The van der Waals surface area contributed by atoms with E-state index in [0.717, 1.165) is 18.3 Å². The van der Waals surface area contributed by atoms with Crippen molar-refractivity contribution < 1.29 is 23.8 Å². The maximum Gasteiger partial charge on any atom is 0.341 e. The van der Waals surface area contributed by atoms with Gasteiger partial charge in [0.1, 0.15) is 25.0 Å². The lowest BCUT2D eigenvalue weighted by Crippen LogP contribution is -2.66. The van der Waals surface area contributed by atoms with Crippen LogP contribution < -0.4 is 27.3 Å². The third-order valence-electron chi connectivity index (χ3n) is 5.73. The molecule has 0 aliphatic carbocycles. The molecular formula is C21H21BF2N4O4. The van der Waals surface area contributed by atoms with Crippen molar-refractivity contribution in [2.75, 3.05) is 23.7 Å². The largest absolute Gasteiger partial charge is 0.477 e. The average molecular weight is 442 g/mol. The maximum absolute atomic E-state index is 15.1. The average Bonchev–Trinajstić information content (AvgIpc) is 2.68. The molecule has 0 radical (unpaired) electrons. The Labute approximate surface area is 182 Å². The fourth-order valence-corrected chi connectivity index (χ4v) is 4.32. The number of pyridine rings is 1. The van der Waals surface area contributed by atoms with E-state index < -0.39 is 40.7 Å². The van der Waals surface area contributed by atoms with Gasteiger partial charge in [0.2, 0.25) is 5.43 Å². The third-order valence-corrected chi connectivity index (χ3v) is 5.73. The second-order valence-electron chi connectivity index (χ2n) is 8.45. The molecule has 166 valence electrons. The predicted molar refractivity (Wildman–Crippen MR) is 120 cm³/mol. The first kappa shape index (κ1) is 21.8. The minimum Gasteiger partial charge on any atom is -0.477 e. The van der Waals surface area contributed by atoms with Crippen LogP contribution in [-0.2, 0) is 6.61 Å². The zero-order chi connectivity index (χ0) is 23.5. The lowest BCUT2D eigenvalue weighted by atomic mass is 9.85. The molecule has 1 saturated heterocycles. The summed E-state index contributed by atoms with van der Waals surface area (Å²) in [5.74, 6) is -2.94. The normalized spacial score (nSPS) is 15.1. The fourth-order valence-electron chi connectivity index (χ4n) is 4.32. The van der Waals surface area contributed by atoms with E-state index in [1.54, 1.807) is 12.7 Å². The second-order valence-corrected chi connectivity index (χ2v) is 8.45. The van der Waals surface area contributed by atoms with Crippen LogP contribution in [0.5, 0.6) is 0 Å². The van der Waals surface area contributed by atoms with Gasteiger partial charge in [0.05, 0.1) is 29.2 Å². The summed E-state index contributed by atoms with van der Waals surface area (Å²) in [6, 6.07) is 3.27. The number of aliphatic hydroxyl groups excluding tert-OH is 1. The lowest BCUT2D eigenvalue weighted by molar-refractivity contribution is 0.0695. The summed E-state index contributed by atoms with van der Waals surface area (Å²) in [6.45, 7) is 2.03. The molecule has 8 nitrogen and oxygen atoms in total. The molecule has 1 aliphatic heterocycles. The minimum absolute atomic E-state index is 0.113. The van der Waals surface area contributed by atoms with Crippen molar-refractivity contribution in [2.24, 2.45) is 5.73 Å². The van der Waals surface area contributed by atoms with Gasteiger partial charge in [0.25, 0.3) is 0 Å². The summed E-state index contributed by atoms with van der Waals surface area (Å²) >= 11 is 0. The molecule has 4 rings (SSSR count). The van der Waals surface area contributed by atoms with Gasteiger partial charge in [-0.1, -0.05) is 0 Å². The van der Waals surface area contributed by atoms with Gasteiger partial charge >= 0.3 is 5.97 Å². The van der Waals surface area contributed by atoms with Crippen LogP contribution >= 0.6 is 0 Å². The first-order chi connectivity index (χ1) is 14.9. The van der Waals surface area contributed by atoms with Crippen LogP contribution in [0, 0.1) is 11.6 Å². The van der Waals surface area contributed by atoms with E-state index in [2.05, 4.69) is 0 Å². The van der Waals surface area contributed by atoms with Crippen molar-refractivity contribution in [3.63, 3.8) is 0 Å². The van der Waals surface area contributed by atoms with E-state index in [4.69, 9.17) is 11.5 Å². The van der Waals surface area contributed by atoms with Gasteiger partial charge in [-0.25, -0.2) is 13.6 Å². The van der Waals surface area contributed by atoms with E-state index in [1.165, 1.54) is 10.6 Å². The number of hydrogen-bond acceptors (Lipinski definition) is 6. The van der Waals surface area contributed by atoms with Crippen LogP contribution in [-0.4, -0.2) is 47.2 Å². The van der Waals surface area contributed by atoms with Crippen molar-refractivity contribution >= 4 is 41.6 Å². The maximum atomic E-state index is 15.1. The zero-order valence-electron chi connectivity index (χ0n) is 17.4. The minimum atomic E-state index is -1.50. The number of nitrogens with two attached hydrogens (primary N) is 2. The number of carbonyl (C=O) groups is 1. The van der Waals surface area contributed by atoms with Crippen LogP contribution in [0.15, 0.2) is 29.2 Å². The number of anilines is 2. The monoisotopic (exact) mass is 442 g/mol. The van der Waals surface area contributed by atoms with Gasteiger partial charge in [-0.2, -0.15) is 0 Å². The molecular weight excluding hydrogens is 421 g/mol. The van der Waals surface area contributed by atoms with Crippen LogP contribution in [0.2, 0.25) is 0 Å². The molecule has 1 aromatic heterocycles. The lowest BCUT2D eigenvalue weighted by Gasteiger charge is -2.47. The molecule has 1 aliphatic rings. The quantitative estimate of drug-likeness (QED) is 0.326. The highest BCUT2D eigenvalue weighted by Gasteiger charge is 2.37. The van der Waals surface area contributed by atoms with Gasteiger partial charge in [-0.15, -0.1) is 0 Å². The van der Waals surface area contributed by atoms with Crippen molar-refractivity contribution in [1.82, 2.24) is 4.57 Å². The molecule has 11 heteroatoms. The molecule has 0 unspecified atom stereocenters. The van der Waals surface area contributed by atoms with Crippen molar-refractivity contribution in [3.05, 3.63) is 57.4 Å². The molecule has 0 spiro atoms. The number of nitrogens with zero attached hydrogens (tertiary/aromatic N) is 2. The topological polar surface area (TPSA) is 135 Å². The van der Waals surface area contributed by atoms with E-state index in [-0.39, 0.29) is 33.5 Å². The summed E-state index contributed by atoms with van der Waals surface area (Å²) < 4.78 is 30.5. The van der Waals surface area contributed by atoms with Gasteiger partial charge in [-0.05, 0) is 30.6 Å². The number of fused-ring (bicyclic) bond motifs is 1. The van der Waals surface area contributed by atoms with Gasteiger partial charge < -0.3 is 31.1 Å². The first-order valence-electron chi connectivity index (χ1n) is 9.80. The molecule has 2 heterocycles. The number of hydrogen-bond donors (Lipinski definition) is 4. The number of aromatic nitrogens is 1. The molecule has 0 amide bonds. The van der Waals surface area contributed by atoms with E-state index in [0.29, 0.717) is 18.6 Å². The highest BCUT2D eigenvalue weighted by molar-refractivity contribution is 6.42. The summed E-state index contributed by atoms with van der Waals surface area (Å²) in [7, 11) is 1.61. The number of halogens is 2. The molecule has 1 fully saturated rings. The molecule has 0 saturated carbocycles. The van der Waals surface area contributed by atoms with E-state index >= 15 is 4.39 Å². The molecule has 0 atom stereocenters. The Bertz CT molecular complexity index is 1350. The Kier molecular flexibility index (Phi) is 4.98. The van der Waals surface area contributed by atoms with Crippen LogP contribution in [0.25, 0.3) is 16.6 Å². The number of benzene rings is 2. The zero-order valence-corrected chi connectivity index (χ0v) is 17.4. The Morgan fingerprint density at radius 3 is 2.47 bits per heavy atom. The Morgan fingerprint density at radius 1 is 1.25 bits per heavy atom. The standard InChI is InChI=1S/C21H21BF2N4O4/c1-21(26)7-27(8-21)18-13(24)3-10-17(16(18)22)28(5-11(19(10)30)20(31)32)15-4-14(25)12(23)2-9(15)6-29/h2-5,29H,6-8,22,25-26H2,1H3,(H,31,32). The number of nitrogen functional groups attached to an aromatic ring is 1. The van der Waals surface area contributed by atoms with E-state index in [1.807, 2.05) is 6.92 Å². The second kappa shape index (κ2) is 7.32. The van der Waals surface area contributed by atoms with Crippen molar-refractivity contribution in [3.8, 4) is 5.69 Å². The highest BCUT2D eigenvalue weighted by Crippen LogP contribution is 2.31. The van der Waals surface area contributed by atoms with Gasteiger partial charge in [0, 0.05) is 35.8 Å². The first-order valence-corrected chi connectivity index (χ1v) is 9.80. The summed E-state index contributed by atoms with van der Waals surface area (Å²) in [5.41, 5.74) is 10.7. The Balaban J connectivity index is 2.13. The number of rotatable bonds is 4. The molecule has 6 N–H and O–H groups in total. The van der Waals surface area contributed by atoms with Gasteiger partial charge in [0.15, 0.2) is 0 Å². The predicted octanol–water partition coefficient (Wildman–Crippen LogP) is -0.163. The fraction of sp³-hybridized carbons (Fsp3) is 0.238. The third kappa shape index (κ3) is 3.30. The SMILES string of the molecule is Bc1c(N2CC(C)(N)C2)c(F)cc2c(=O)c(C(=O)O)cn(-c3cc(N)c(F)cc3CO)c12. The molecule has 0 bridgehead atoms. The van der Waals surface area contributed by atoms with Crippen LogP contribution in [0.3, 0.4) is 0 Å². The van der Waals surface area contributed by atoms with Crippen molar-refractivity contribution in [1.29, 1.82) is 0 Å². The van der Waals surface area contributed by atoms with Gasteiger partial charge in [-0.3, -0.25) is 4.79 Å². The number of aliphatic hydroxyl groups is 1. The van der Waals surface area contributed by atoms with E-state index in [9.17, 15) is 24.2 Å². The molecule has 32 heavy (non-hydrogen) atoms. The number of carboxylic acid groups (broad SMARTS) is 1. The molecule has 2 aromatic carbocycles. The summed E-state index contributed by atoms with van der Waals surface area (Å²) in [4.78, 5) is 26.3. The Morgan fingerprint density at radius 2 is 1.91 bits per heavy atom. The number of carboxylic acids is 1. The van der Waals surface area contributed by atoms with Crippen molar-refractivity contribution in [2.45, 2.75) is 19.1 Å².